The molecule has 1 heterocycles. The van der Waals surface area contributed by atoms with Gasteiger partial charge in [-0.05, 0) is 43.3 Å². The zero-order valence-electron chi connectivity index (χ0n) is 13.6. The van der Waals surface area contributed by atoms with Gasteiger partial charge in [-0.2, -0.15) is 0 Å². The molecule has 0 bridgehead atoms. The molecule has 0 spiro atoms. The Balaban J connectivity index is 1.97. The summed E-state index contributed by atoms with van der Waals surface area (Å²) in [7, 11) is 0. The fourth-order valence-electron chi connectivity index (χ4n) is 2.39. The molecule has 0 saturated carbocycles. The van der Waals surface area contributed by atoms with Crippen LogP contribution in [-0.4, -0.2) is 20.9 Å². The Morgan fingerprint density at radius 2 is 1.96 bits per heavy atom. The van der Waals surface area contributed by atoms with Crippen molar-refractivity contribution >= 4 is 39.2 Å². The van der Waals surface area contributed by atoms with E-state index >= 15 is 0 Å². The molecule has 2 aromatic carbocycles. The van der Waals surface area contributed by atoms with E-state index in [2.05, 4.69) is 26.0 Å². The van der Waals surface area contributed by atoms with Gasteiger partial charge >= 0.3 is 0 Å². The molecular weight excluding hydrogens is 402 g/mol. The van der Waals surface area contributed by atoms with Crippen LogP contribution in [0.4, 0.5) is 17.1 Å². The highest BCUT2D eigenvalue weighted by molar-refractivity contribution is 9.10. The Labute approximate surface area is 156 Å². The van der Waals surface area contributed by atoms with Crippen LogP contribution in [0.25, 0.3) is 5.69 Å². The van der Waals surface area contributed by atoms with Crippen molar-refractivity contribution < 1.29 is 4.92 Å². The highest BCUT2D eigenvalue weighted by atomic mass is 79.9. The number of benzene rings is 2. The van der Waals surface area contributed by atoms with Crippen molar-refractivity contribution in [1.29, 1.82) is 0 Å². The number of nitrogens with zero attached hydrogens (tertiary/aromatic N) is 3. The third-order valence-electron chi connectivity index (χ3n) is 3.76. The molecule has 0 aliphatic heterocycles. The van der Waals surface area contributed by atoms with E-state index in [1.807, 2.05) is 12.1 Å². The van der Waals surface area contributed by atoms with Crippen molar-refractivity contribution in [2.45, 2.75) is 6.92 Å². The number of nitro groups is 1. The van der Waals surface area contributed by atoms with E-state index in [9.17, 15) is 14.9 Å². The number of rotatable bonds is 4. The minimum atomic E-state index is -0.573. The Hall–Kier alpha value is -3.20. The van der Waals surface area contributed by atoms with E-state index in [0.717, 1.165) is 4.47 Å². The monoisotopic (exact) mass is 415 g/mol. The second-order valence-electron chi connectivity index (χ2n) is 5.53. The van der Waals surface area contributed by atoms with Gasteiger partial charge < -0.3 is 5.73 Å². The highest BCUT2D eigenvalue weighted by Gasteiger charge is 2.13. The lowest BCUT2D eigenvalue weighted by molar-refractivity contribution is -0.383. The molecule has 0 amide bonds. The van der Waals surface area contributed by atoms with Gasteiger partial charge in [-0.15, -0.1) is 0 Å². The standard InChI is InChI=1S/C17H14BrN5O3/c1-10-14(9-20-12-4-7-15(19)16(8-12)23(25)26)17(24)22(21-10)13-5-2-11(18)3-6-13/h2-9,21H,19H2,1H3. The third kappa shape index (κ3) is 3.42. The molecule has 0 unspecified atom stereocenters. The summed E-state index contributed by atoms with van der Waals surface area (Å²) in [6.07, 6.45) is 1.39. The molecule has 0 saturated heterocycles. The predicted molar refractivity (Wildman–Crippen MR) is 104 cm³/mol. The topological polar surface area (TPSA) is 119 Å². The van der Waals surface area contributed by atoms with Crippen molar-refractivity contribution in [3.8, 4) is 5.69 Å². The van der Waals surface area contributed by atoms with Crippen LogP contribution in [0.1, 0.15) is 11.3 Å². The first kappa shape index (κ1) is 17.6. The number of nitro benzene ring substituents is 1. The largest absolute Gasteiger partial charge is 0.393 e. The summed E-state index contributed by atoms with van der Waals surface area (Å²) in [5.74, 6) is 0. The van der Waals surface area contributed by atoms with Crippen molar-refractivity contribution in [2.75, 3.05) is 5.73 Å². The fourth-order valence-corrected chi connectivity index (χ4v) is 2.66. The lowest BCUT2D eigenvalue weighted by atomic mass is 10.2. The first-order valence-corrected chi connectivity index (χ1v) is 8.31. The SMILES string of the molecule is Cc1[nH]n(-c2ccc(Br)cc2)c(=O)c1C=Nc1ccc(N)c([N+](=O)[O-])c1. The molecular formula is C17H14BrN5O3. The molecule has 1 aromatic heterocycles. The molecule has 8 nitrogen and oxygen atoms in total. The van der Waals surface area contributed by atoms with E-state index in [1.165, 1.54) is 23.0 Å². The summed E-state index contributed by atoms with van der Waals surface area (Å²) in [6, 6.07) is 11.5. The van der Waals surface area contributed by atoms with Crippen molar-refractivity contribution in [2.24, 2.45) is 4.99 Å². The van der Waals surface area contributed by atoms with Crippen LogP contribution < -0.4 is 11.3 Å². The number of H-pyrrole nitrogens is 1. The Morgan fingerprint density at radius 3 is 2.62 bits per heavy atom. The summed E-state index contributed by atoms with van der Waals surface area (Å²) in [5.41, 5.74) is 7.16. The summed E-state index contributed by atoms with van der Waals surface area (Å²) < 4.78 is 2.32. The fraction of sp³-hybridized carbons (Fsp3) is 0.0588. The Morgan fingerprint density at radius 1 is 1.27 bits per heavy atom. The van der Waals surface area contributed by atoms with Gasteiger partial charge in [0.15, 0.2) is 0 Å². The summed E-state index contributed by atoms with van der Waals surface area (Å²) in [4.78, 5) is 27.2. The third-order valence-corrected chi connectivity index (χ3v) is 4.28. The van der Waals surface area contributed by atoms with Gasteiger partial charge in [-0.3, -0.25) is 25.0 Å². The molecule has 3 rings (SSSR count). The number of nitrogen functional groups attached to an aromatic ring is 1. The Bertz CT molecular complexity index is 1070. The average molecular weight is 416 g/mol. The van der Waals surface area contributed by atoms with Crippen LogP contribution >= 0.6 is 15.9 Å². The van der Waals surface area contributed by atoms with Crippen molar-refractivity contribution in [3.63, 3.8) is 0 Å². The minimum Gasteiger partial charge on any atom is -0.393 e. The smallest absolute Gasteiger partial charge is 0.294 e. The van der Waals surface area contributed by atoms with Crippen LogP contribution in [0.15, 0.2) is 56.7 Å². The highest BCUT2D eigenvalue weighted by Crippen LogP contribution is 2.26. The molecule has 9 heteroatoms. The van der Waals surface area contributed by atoms with E-state index in [0.29, 0.717) is 22.6 Å². The normalized spacial score (nSPS) is 11.2. The lowest BCUT2D eigenvalue weighted by Crippen LogP contribution is -2.17. The maximum Gasteiger partial charge on any atom is 0.294 e. The summed E-state index contributed by atoms with van der Waals surface area (Å²) in [5, 5.41) is 13.9. The van der Waals surface area contributed by atoms with E-state index in [1.54, 1.807) is 25.1 Å². The number of nitrogens with one attached hydrogen (secondary N) is 1. The maximum absolute atomic E-state index is 12.6. The number of hydrogen-bond donors (Lipinski definition) is 2. The van der Waals surface area contributed by atoms with Crippen LogP contribution in [0.3, 0.4) is 0 Å². The van der Waals surface area contributed by atoms with Gasteiger partial charge in [-0.25, -0.2) is 4.68 Å². The number of halogens is 1. The van der Waals surface area contributed by atoms with Crippen LogP contribution in [0, 0.1) is 17.0 Å². The molecule has 0 atom stereocenters. The van der Waals surface area contributed by atoms with E-state index in [-0.39, 0.29) is 16.9 Å². The molecule has 0 radical (unpaired) electrons. The van der Waals surface area contributed by atoms with Crippen LogP contribution in [0.5, 0.6) is 0 Å². The molecule has 0 aliphatic rings. The van der Waals surface area contributed by atoms with Crippen molar-refractivity contribution in [1.82, 2.24) is 9.78 Å². The van der Waals surface area contributed by atoms with Gasteiger partial charge in [-0.1, -0.05) is 15.9 Å². The van der Waals surface area contributed by atoms with E-state index in [4.69, 9.17) is 5.73 Å². The zero-order valence-corrected chi connectivity index (χ0v) is 15.2. The first-order valence-electron chi connectivity index (χ1n) is 7.52. The van der Waals surface area contributed by atoms with Gasteiger partial charge in [0.05, 0.1) is 21.9 Å². The number of aromatic nitrogens is 2. The maximum atomic E-state index is 12.6. The zero-order chi connectivity index (χ0) is 18.8. The Kier molecular flexibility index (Phi) is 4.72. The summed E-state index contributed by atoms with van der Waals surface area (Å²) in [6.45, 7) is 1.75. The number of aliphatic imine (C=N–C) groups is 1. The molecule has 132 valence electrons. The number of hydrogen-bond acceptors (Lipinski definition) is 5. The average Bonchev–Trinajstić information content (AvgIpc) is 2.89. The molecule has 3 N–H and O–H groups in total. The van der Waals surface area contributed by atoms with Gasteiger partial charge in [0.25, 0.3) is 11.2 Å². The number of anilines is 1. The number of aromatic amines is 1. The summed E-state index contributed by atoms with van der Waals surface area (Å²) >= 11 is 3.35. The van der Waals surface area contributed by atoms with Gasteiger partial charge in [0, 0.05) is 22.4 Å². The minimum absolute atomic E-state index is 0.0596. The van der Waals surface area contributed by atoms with E-state index < -0.39 is 4.92 Å². The van der Waals surface area contributed by atoms with Gasteiger partial charge in [0.2, 0.25) is 0 Å². The predicted octanol–water partition coefficient (Wildman–Crippen LogP) is 3.48. The van der Waals surface area contributed by atoms with Crippen molar-refractivity contribution in [3.05, 3.63) is 78.7 Å². The lowest BCUT2D eigenvalue weighted by Gasteiger charge is -2.00. The molecule has 0 fully saturated rings. The molecule has 3 aromatic rings. The molecule has 26 heavy (non-hydrogen) atoms. The number of nitrogens with two attached hydrogens (primary N) is 1. The molecule has 0 aliphatic carbocycles. The van der Waals surface area contributed by atoms with Crippen LogP contribution in [-0.2, 0) is 0 Å². The quantitative estimate of drug-likeness (QED) is 0.293. The first-order chi connectivity index (χ1) is 12.4. The second kappa shape index (κ2) is 6.96. The van der Waals surface area contributed by atoms with Gasteiger partial charge in [0.1, 0.15) is 5.69 Å². The number of aryl methyl sites for hydroxylation is 1. The second-order valence-corrected chi connectivity index (χ2v) is 6.44. The van der Waals surface area contributed by atoms with Crippen LogP contribution in [0.2, 0.25) is 0 Å².